The summed E-state index contributed by atoms with van der Waals surface area (Å²) in [7, 11) is 0. The van der Waals surface area contributed by atoms with Crippen LogP contribution in [0, 0.1) is 0 Å². The molecular formula is C15H22O2Pb. The quantitative estimate of drug-likeness (QED) is 0.491. The van der Waals surface area contributed by atoms with Crippen LogP contribution in [0.1, 0.15) is 61.4 Å². The molecule has 0 heterocycles. The monoisotopic (exact) mass is 442 g/mol. The zero-order valence-corrected chi connectivity index (χ0v) is 15.0. The molecule has 1 N–H and O–H groups in total. The molecule has 0 aliphatic rings. The third kappa shape index (κ3) is 6.52. The average molecular weight is 442 g/mol. The number of carbonyl (C=O) groups is 1. The molecule has 3 heteroatoms. The van der Waals surface area contributed by atoms with E-state index in [0.29, 0.717) is 5.56 Å². The number of carboxylic acid groups (broad SMARTS) is 1. The second-order valence-corrected chi connectivity index (χ2v) is 4.48. The molecule has 1 rings (SSSR count). The van der Waals surface area contributed by atoms with Crippen LogP contribution < -0.4 is 0 Å². The van der Waals surface area contributed by atoms with Crippen LogP contribution in [0.4, 0.5) is 0 Å². The number of rotatable bonds is 8. The molecule has 0 unspecified atom stereocenters. The smallest absolute Gasteiger partial charge is 0.335 e. The molecule has 0 aliphatic heterocycles. The van der Waals surface area contributed by atoms with Crippen molar-refractivity contribution in [1.29, 1.82) is 0 Å². The topological polar surface area (TPSA) is 37.3 Å². The predicted molar refractivity (Wildman–Crippen MR) is 76.2 cm³/mol. The fourth-order valence-corrected chi connectivity index (χ4v) is 2.04. The Hall–Kier alpha value is -0.388. The van der Waals surface area contributed by atoms with Crippen LogP contribution in [0.2, 0.25) is 0 Å². The Balaban J connectivity index is 0.00000289. The van der Waals surface area contributed by atoms with Gasteiger partial charge in [0, 0.05) is 27.3 Å². The van der Waals surface area contributed by atoms with Gasteiger partial charge in [-0.2, -0.15) is 0 Å². The first-order valence-corrected chi connectivity index (χ1v) is 6.57. The van der Waals surface area contributed by atoms with E-state index in [1.165, 1.54) is 32.1 Å². The van der Waals surface area contributed by atoms with Crippen LogP contribution >= 0.6 is 0 Å². The van der Waals surface area contributed by atoms with Gasteiger partial charge in [-0.25, -0.2) is 4.79 Å². The zero-order chi connectivity index (χ0) is 12.5. The SMILES string of the molecule is CCCCCCCCc1ccccc1C(=O)O.[Pb]. The maximum absolute atomic E-state index is 11.0. The number of hydrogen-bond donors (Lipinski definition) is 1. The van der Waals surface area contributed by atoms with Crippen molar-refractivity contribution in [1.82, 2.24) is 0 Å². The van der Waals surface area contributed by atoms with Crippen LogP contribution in [-0.2, 0) is 6.42 Å². The third-order valence-corrected chi connectivity index (χ3v) is 3.05. The Labute approximate surface area is 130 Å². The fraction of sp³-hybridized carbons (Fsp3) is 0.533. The van der Waals surface area contributed by atoms with Gasteiger partial charge in [0.25, 0.3) is 0 Å². The van der Waals surface area contributed by atoms with Crippen LogP contribution in [-0.4, -0.2) is 38.4 Å². The Morgan fingerprint density at radius 3 is 2.33 bits per heavy atom. The molecule has 0 amide bonds. The van der Waals surface area contributed by atoms with E-state index in [9.17, 15) is 4.79 Å². The van der Waals surface area contributed by atoms with Crippen molar-refractivity contribution < 1.29 is 9.90 Å². The van der Waals surface area contributed by atoms with Crippen LogP contribution in [0.15, 0.2) is 24.3 Å². The molecule has 0 aromatic heterocycles. The summed E-state index contributed by atoms with van der Waals surface area (Å²) < 4.78 is 0. The number of unbranched alkanes of at least 4 members (excludes halogenated alkanes) is 5. The van der Waals surface area contributed by atoms with Crippen molar-refractivity contribution in [3.05, 3.63) is 35.4 Å². The van der Waals surface area contributed by atoms with Crippen molar-refractivity contribution in [2.45, 2.75) is 51.9 Å². The summed E-state index contributed by atoms with van der Waals surface area (Å²) in [5.74, 6) is -0.813. The summed E-state index contributed by atoms with van der Waals surface area (Å²) in [4.78, 5) is 11.0. The van der Waals surface area contributed by atoms with Crippen LogP contribution in [0.5, 0.6) is 0 Å². The van der Waals surface area contributed by atoms with E-state index in [1.54, 1.807) is 12.1 Å². The van der Waals surface area contributed by atoms with Crippen molar-refractivity contribution in [2.24, 2.45) is 0 Å². The van der Waals surface area contributed by atoms with Crippen molar-refractivity contribution in [3.63, 3.8) is 0 Å². The molecule has 0 spiro atoms. The van der Waals surface area contributed by atoms with E-state index in [2.05, 4.69) is 6.92 Å². The van der Waals surface area contributed by atoms with Gasteiger partial charge < -0.3 is 5.11 Å². The molecule has 0 saturated heterocycles. The summed E-state index contributed by atoms with van der Waals surface area (Å²) in [6.45, 7) is 2.21. The summed E-state index contributed by atoms with van der Waals surface area (Å²) in [6.07, 6.45) is 8.32. The van der Waals surface area contributed by atoms with E-state index >= 15 is 0 Å². The van der Waals surface area contributed by atoms with E-state index in [-0.39, 0.29) is 27.3 Å². The van der Waals surface area contributed by atoms with E-state index in [1.807, 2.05) is 12.1 Å². The number of aromatic carboxylic acids is 1. The van der Waals surface area contributed by atoms with Gasteiger partial charge in [0.2, 0.25) is 0 Å². The normalized spacial score (nSPS) is 9.83. The molecule has 0 bridgehead atoms. The van der Waals surface area contributed by atoms with E-state index < -0.39 is 5.97 Å². The molecule has 0 aliphatic carbocycles. The van der Waals surface area contributed by atoms with Crippen LogP contribution in [0.25, 0.3) is 0 Å². The largest absolute Gasteiger partial charge is 0.478 e. The van der Waals surface area contributed by atoms with Crippen molar-refractivity contribution in [2.75, 3.05) is 0 Å². The van der Waals surface area contributed by atoms with Crippen molar-refractivity contribution in [3.8, 4) is 0 Å². The summed E-state index contributed by atoms with van der Waals surface area (Å²) in [5.41, 5.74) is 1.43. The minimum atomic E-state index is -0.813. The molecule has 1 aromatic carbocycles. The summed E-state index contributed by atoms with van der Waals surface area (Å²) in [6, 6.07) is 7.32. The number of aryl methyl sites for hydroxylation is 1. The maximum atomic E-state index is 11.0. The minimum absolute atomic E-state index is 0. The number of benzene rings is 1. The Morgan fingerprint density at radius 2 is 1.67 bits per heavy atom. The van der Waals surface area contributed by atoms with Gasteiger partial charge in [-0.15, -0.1) is 0 Å². The van der Waals surface area contributed by atoms with Crippen LogP contribution in [0.3, 0.4) is 0 Å². The molecule has 98 valence electrons. The van der Waals surface area contributed by atoms with Gasteiger partial charge in [-0.3, -0.25) is 0 Å². The second-order valence-electron chi connectivity index (χ2n) is 4.48. The fourth-order valence-electron chi connectivity index (χ4n) is 2.04. The number of hydrogen-bond acceptors (Lipinski definition) is 1. The molecule has 2 nitrogen and oxygen atoms in total. The number of carboxylic acids is 1. The first-order valence-electron chi connectivity index (χ1n) is 6.57. The minimum Gasteiger partial charge on any atom is -0.478 e. The Morgan fingerprint density at radius 1 is 1.06 bits per heavy atom. The van der Waals surface area contributed by atoms with Gasteiger partial charge in [-0.1, -0.05) is 57.2 Å². The molecule has 0 saturated carbocycles. The van der Waals surface area contributed by atoms with Crippen molar-refractivity contribution >= 4 is 33.3 Å². The first kappa shape index (κ1) is 17.6. The second kappa shape index (κ2) is 10.5. The van der Waals surface area contributed by atoms with E-state index in [4.69, 9.17) is 5.11 Å². The van der Waals surface area contributed by atoms with Gasteiger partial charge in [0.05, 0.1) is 5.56 Å². The standard InChI is InChI=1S/C15H22O2.Pb/c1-2-3-4-5-6-7-10-13-11-8-9-12-14(13)15(16)17;/h8-9,11-12H,2-7,10H2,1H3,(H,16,17);. The predicted octanol–water partition coefficient (Wildman–Crippen LogP) is 3.91. The maximum Gasteiger partial charge on any atom is 0.335 e. The average Bonchev–Trinajstić information content (AvgIpc) is 2.34. The van der Waals surface area contributed by atoms with Gasteiger partial charge in [0.1, 0.15) is 0 Å². The summed E-state index contributed by atoms with van der Waals surface area (Å²) >= 11 is 0. The Kier molecular flexibility index (Phi) is 10.3. The third-order valence-electron chi connectivity index (χ3n) is 3.05. The van der Waals surface area contributed by atoms with Gasteiger partial charge in [-0.05, 0) is 24.5 Å². The summed E-state index contributed by atoms with van der Waals surface area (Å²) in [5, 5.41) is 9.04. The zero-order valence-electron chi connectivity index (χ0n) is 11.1. The molecule has 0 atom stereocenters. The van der Waals surface area contributed by atoms with Gasteiger partial charge in [0.15, 0.2) is 0 Å². The molecule has 1 aromatic rings. The first-order chi connectivity index (χ1) is 8.25. The van der Waals surface area contributed by atoms with E-state index in [0.717, 1.165) is 18.4 Å². The molecule has 0 fully saturated rings. The molecular weight excluding hydrogens is 419 g/mol. The van der Waals surface area contributed by atoms with Gasteiger partial charge >= 0.3 is 5.97 Å². The molecule has 18 heavy (non-hydrogen) atoms. The molecule has 4 radical (unpaired) electrons. The Bertz CT molecular complexity index is 350.